The predicted octanol–water partition coefficient (Wildman–Crippen LogP) is 1.41. The summed E-state index contributed by atoms with van der Waals surface area (Å²) < 4.78 is 14.9. The Hall–Kier alpha value is -3.79. The van der Waals surface area contributed by atoms with Crippen LogP contribution in [-0.4, -0.2) is 54.7 Å². The summed E-state index contributed by atoms with van der Waals surface area (Å²) in [6, 6.07) is 9.99. The fraction of sp³-hybridized carbons (Fsp3) is 0.217. The molecule has 1 unspecified atom stereocenters. The van der Waals surface area contributed by atoms with Gasteiger partial charge in [0, 0.05) is 22.5 Å². The van der Waals surface area contributed by atoms with Crippen molar-refractivity contribution in [1.82, 2.24) is 9.97 Å². The first-order valence-corrected chi connectivity index (χ1v) is 11.6. The van der Waals surface area contributed by atoms with Crippen molar-refractivity contribution in [2.45, 2.75) is 4.90 Å². The number of rotatable bonds is 8. The monoisotopic (exact) mass is 470 g/mol. The second-order valence-electron chi connectivity index (χ2n) is 6.81. The van der Waals surface area contributed by atoms with Crippen LogP contribution in [0.1, 0.15) is 5.56 Å². The second kappa shape index (κ2) is 10.7. The molecule has 0 radical (unpaired) electrons. The Morgan fingerprint density at radius 2 is 1.79 bits per heavy atom. The third-order valence-electron chi connectivity index (χ3n) is 4.71. The average Bonchev–Trinajstić information content (AvgIpc) is 2.82. The summed E-state index contributed by atoms with van der Waals surface area (Å²) in [7, 11) is 1.72. The zero-order chi connectivity index (χ0) is 24.0. The summed E-state index contributed by atoms with van der Waals surface area (Å²) in [5.41, 5.74) is 0.199. The Bertz CT molecular complexity index is 1230. The van der Waals surface area contributed by atoms with Gasteiger partial charge in [0.25, 0.3) is 0 Å². The van der Waals surface area contributed by atoms with Crippen molar-refractivity contribution in [3.8, 4) is 11.5 Å². The van der Waals surface area contributed by atoms with E-state index in [1.165, 1.54) is 26.5 Å². The maximum Gasteiger partial charge on any atom is 0.345 e. The van der Waals surface area contributed by atoms with Crippen molar-refractivity contribution < 1.29 is 28.9 Å². The molecule has 1 N–H and O–H groups in total. The smallest absolute Gasteiger partial charge is 0.345 e. The van der Waals surface area contributed by atoms with Crippen LogP contribution < -0.4 is 15.4 Å². The number of pyridine rings is 2. The van der Waals surface area contributed by atoms with Gasteiger partial charge in [-0.3, -0.25) is 4.79 Å². The molecule has 0 bridgehead atoms. The van der Waals surface area contributed by atoms with E-state index in [1.807, 2.05) is 6.26 Å². The predicted molar refractivity (Wildman–Crippen MR) is 122 cm³/mol. The molecule has 3 rings (SSSR count). The molecule has 2 aromatic heterocycles. The van der Waals surface area contributed by atoms with Crippen LogP contribution in [0.15, 0.2) is 57.9 Å². The molecule has 0 fully saturated rings. The number of carbonyl (C=O) groups excluding carboxylic acids is 2. The summed E-state index contributed by atoms with van der Waals surface area (Å²) in [4.78, 5) is 42.8. The van der Waals surface area contributed by atoms with Crippen LogP contribution in [-0.2, 0) is 30.0 Å². The number of nitrogens with one attached hydrogen (secondary N) is 1. The van der Waals surface area contributed by atoms with E-state index in [0.717, 1.165) is 0 Å². The lowest BCUT2D eigenvalue weighted by Gasteiger charge is -2.14. The molecule has 1 aromatic carbocycles. The molecule has 0 spiro atoms. The van der Waals surface area contributed by atoms with Gasteiger partial charge in [-0.05, 0) is 35.6 Å². The van der Waals surface area contributed by atoms with E-state index in [2.05, 4.69) is 19.4 Å². The molecule has 0 amide bonds. The van der Waals surface area contributed by atoms with E-state index in [-0.39, 0.29) is 28.5 Å². The van der Waals surface area contributed by atoms with Gasteiger partial charge in [0.2, 0.25) is 4.90 Å². The van der Waals surface area contributed by atoms with E-state index >= 15 is 0 Å². The summed E-state index contributed by atoms with van der Waals surface area (Å²) >= 11 is 0. The molecule has 1 atom stereocenters. The van der Waals surface area contributed by atoms with Crippen LogP contribution in [0.25, 0.3) is 17.1 Å². The number of fused-ring (bicyclic) bond motifs is 1. The van der Waals surface area contributed by atoms with Gasteiger partial charge in [0.15, 0.2) is 0 Å². The van der Waals surface area contributed by atoms with E-state index in [9.17, 15) is 19.5 Å². The van der Waals surface area contributed by atoms with Crippen LogP contribution in [0.2, 0.25) is 0 Å². The van der Waals surface area contributed by atoms with Gasteiger partial charge >= 0.3 is 17.5 Å². The lowest BCUT2D eigenvalue weighted by molar-refractivity contribution is -0.270. The van der Waals surface area contributed by atoms with E-state index < -0.39 is 28.4 Å². The first-order chi connectivity index (χ1) is 15.8. The van der Waals surface area contributed by atoms with Gasteiger partial charge < -0.3 is 24.3 Å². The van der Waals surface area contributed by atoms with Crippen LogP contribution in [0.3, 0.4) is 0 Å². The first kappa shape index (κ1) is 23.9. The number of aromatic nitrogens is 2. The van der Waals surface area contributed by atoms with Crippen LogP contribution in [0.4, 0.5) is 0 Å². The molecular formula is C23H22N2O7S. The highest BCUT2D eigenvalue weighted by atomic mass is 32.2. The van der Waals surface area contributed by atoms with Gasteiger partial charge in [-0.2, -0.15) is 0 Å². The standard InChI is InChI=1S/C23H22N2O7S/c1-30-22(28)17(23(29)31-2)13-14-6-8-15(9-7-14)32-11-12-33(3)19-18(26)16-5-4-10-24-20(16)25-21(19)27/h4-10,13H,11-12H2,1-3H3,(H-,24,25,26,27). The molecule has 3 aromatic rings. The highest BCUT2D eigenvalue weighted by molar-refractivity contribution is 7.96. The summed E-state index contributed by atoms with van der Waals surface area (Å²) in [6.07, 6.45) is 4.71. The fourth-order valence-corrected chi connectivity index (χ4v) is 4.36. The zero-order valence-corrected chi connectivity index (χ0v) is 19.1. The number of aromatic amines is 1. The molecule has 0 aliphatic heterocycles. The number of carbonyl (C=O) groups is 2. The van der Waals surface area contributed by atoms with Crippen molar-refractivity contribution in [2.75, 3.05) is 32.8 Å². The lowest BCUT2D eigenvalue weighted by atomic mass is 10.1. The van der Waals surface area contributed by atoms with Crippen LogP contribution in [0, 0.1) is 0 Å². The maximum atomic E-state index is 12.7. The number of H-pyrrole nitrogens is 1. The Kier molecular flexibility index (Phi) is 7.73. The highest BCUT2D eigenvalue weighted by Crippen LogP contribution is 2.25. The van der Waals surface area contributed by atoms with Crippen molar-refractivity contribution >= 4 is 39.9 Å². The summed E-state index contributed by atoms with van der Waals surface area (Å²) in [5, 5.41) is 13.1. The van der Waals surface area contributed by atoms with Crippen molar-refractivity contribution in [3.63, 3.8) is 0 Å². The molecule has 10 heteroatoms. The zero-order valence-electron chi connectivity index (χ0n) is 18.2. The minimum atomic E-state index is -0.797. The topological polar surface area (TPSA) is 131 Å². The fourth-order valence-electron chi connectivity index (χ4n) is 3.03. The quantitative estimate of drug-likeness (QED) is 0.172. The van der Waals surface area contributed by atoms with Crippen molar-refractivity contribution in [2.24, 2.45) is 0 Å². The van der Waals surface area contributed by atoms with E-state index in [4.69, 9.17) is 4.74 Å². The summed E-state index contributed by atoms with van der Waals surface area (Å²) in [6.45, 7) is 0.286. The Morgan fingerprint density at radius 3 is 2.42 bits per heavy atom. The Labute approximate surface area is 192 Å². The molecule has 172 valence electrons. The Morgan fingerprint density at radius 1 is 1.12 bits per heavy atom. The molecule has 33 heavy (non-hydrogen) atoms. The normalized spacial score (nSPS) is 11.5. The largest absolute Gasteiger partial charge is 0.868 e. The number of ether oxygens (including phenoxy) is 3. The third-order valence-corrected chi connectivity index (χ3v) is 6.55. The van der Waals surface area contributed by atoms with Gasteiger partial charge in [0.05, 0.1) is 14.2 Å². The number of nitrogens with zero attached hydrogens (tertiary/aromatic N) is 1. The molecule has 2 heterocycles. The van der Waals surface area contributed by atoms with E-state index in [0.29, 0.717) is 22.5 Å². The Balaban J connectivity index is 1.66. The number of methoxy groups -OCH3 is 2. The van der Waals surface area contributed by atoms with Crippen LogP contribution in [0.5, 0.6) is 11.5 Å². The molecule has 0 aliphatic carbocycles. The van der Waals surface area contributed by atoms with Crippen molar-refractivity contribution in [3.05, 3.63) is 64.1 Å². The van der Waals surface area contributed by atoms with Gasteiger partial charge in [-0.25, -0.2) is 14.6 Å². The molecule has 9 nitrogen and oxygen atoms in total. The van der Waals surface area contributed by atoms with Crippen LogP contribution >= 0.6 is 0 Å². The number of esters is 2. The van der Waals surface area contributed by atoms with Gasteiger partial charge in [-0.1, -0.05) is 18.2 Å². The minimum absolute atomic E-state index is 0.206. The second-order valence-corrected chi connectivity index (χ2v) is 8.90. The van der Waals surface area contributed by atoms with Gasteiger partial charge in [0.1, 0.15) is 35.6 Å². The molecule has 0 saturated carbocycles. The number of hydrogen-bond donors (Lipinski definition) is 1. The highest BCUT2D eigenvalue weighted by Gasteiger charge is 2.23. The molecular weight excluding hydrogens is 448 g/mol. The average molecular weight is 471 g/mol. The minimum Gasteiger partial charge on any atom is -0.868 e. The molecule has 0 saturated heterocycles. The SMILES string of the molecule is COC(=O)C(=Cc1ccc(OCC[S+](C)c2c([O-])c3cccnc3[nH]c2=O)cc1)C(=O)OC. The van der Waals surface area contributed by atoms with E-state index in [1.54, 1.807) is 36.4 Å². The van der Waals surface area contributed by atoms with Crippen molar-refractivity contribution in [1.29, 1.82) is 0 Å². The number of hydrogen-bond acceptors (Lipinski definition) is 8. The maximum absolute atomic E-state index is 12.7. The first-order valence-electron chi connectivity index (χ1n) is 9.77. The van der Waals surface area contributed by atoms with Gasteiger partial charge in [-0.15, -0.1) is 0 Å². The summed E-state index contributed by atoms with van der Waals surface area (Å²) in [5.74, 6) is -0.874. The third kappa shape index (κ3) is 5.53. The lowest BCUT2D eigenvalue weighted by Crippen LogP contribution is -2.24. The number of benzene rings is 1. The molecule has 0 aliphatic rings.